The monoisotopic (exact) mass is 321 g/mol. The van der Waals surface area contributed by atoms with Gasteiger partial charge in [-0.1, -0.05) is 62.2 Å². The number of hydrogen-bond acceptors (Lipinski definition) is 2. The molecule has 0 saturated heterocycles. The molecule has 3 heteroatoms. The first-order chi connectivity index (χ1) is 11.7. The number of nitrogens with zero attached hydrogens (tertiary/aromatic N) is 1. The minimum atomic E-state index is -0.127. The van der Waals surface area contributed by atoms with E-state index in [9.17, 15) is 4.79 Å². The van der Waals surface area contributed by atoms with Crippen LogP contribution in [0.2, 0.25) is 0 Å². The van der Waals surface area contributed by atoms with E-state index < -0.39 is 0 Å². The first-order valence-electron chi connectivity index (χ1n) is 8.53. The number of pyridine rings is 1. The number of aryl methyl sites for hydroxylation is 1. The second-order valence-electron chi connectivity index (χ2n) is 6.05. The van der Waals surface area contributed by atoms with Gasteiger partial charge in [-0.05, 0) is 35.9 Å². The minimum absolute atomic E-state index is 0.127. The lowest BCUT2D eigenvalue weighted by Crippen LogP contribution is -2.26. The average Bonchev–Trinajstić information content (AvgIpc) is 2.62. The molecular formula is C21H23NO2. The van der Waals surface area contributed by atoms with Crippen molar-refractivity contribution in [3.63, 3.8) is 0 Å². The molecule has 3 aromatic rings. The summed E-state index contributed by atoms with van der Waals surface area (Å²) in [6.07, 6.45) is 4.81. The Morgan fingerprint density at radius 3 is 2.46 bits per heavy atom. The van der Waals surface area contributed by atoms with Crippen molar-refractivity contribution in [3.8, 4) is 11.3 Å². The van der Waals surface area contributed by atoms with Crippen LogP contribution in [0, 0.1) is 0 Å². The summed E-state index contributed by atoms with van der Waals surface area (Å²) in [7, 11) is 1.53. The predicted molar refractivity (Wildman–Crippen MR) is 99.4 cm³/mol. The van der Waals surface area contributed by atoms with E-state index in [2.05, 4.69) is 31.2 Å². The zero-order valence-corrected chi connectivity index (χ0v) is 14.3. The Morgan fingerprint density at radius 2 is 1.75 bits per heavy atom. The van der Waals surface area contributed by atoms with E-state index in [1.54, 1.807) is 0 Å². The van der Waals surface area contributed by atoms with Crippen LogP contribution in [0.3, 0.4) is 0 Å². The molecule has 0 saturated carbocycles. The van der Waals surface area contributed by atoms with Crippen molar-refractivity contribution in [1.29, 1.82) is 0 Å². The van der Waals surface area contributed by atoms with Crippen molar-refractivity contribution in [2.75, 3.05) is 7.11 Å². The summed E-state index contributed by atoms with van der Waals surface area (Å²) in [5, 5.41) is 1.59. The fourth-order valence-corrected chi connectivity index (χ4v) is 3.05. The van der Waals surface area contributed by atoms with Crippen LogP contribution < -0.4 is 10.4 Å². The number of aromatic nitrogens is 1. The number of benzene rings is 2. The summed E-state index contributed by atoms with van der Waals surface area (Å²) in [4.78, 5) is 18.0. The molecule has 0 fully saturated rings. The highest BCUT2D eigenvalue weighted by Gasteiger charge is 2.11. The van der Waals surface area contributed by atoms with Crippen LogP contribution in [0.25, 0.3) is 22.0 Å². The molecule has 0 aliphatic carbocycles. The lowest BCUT2D eigenvalue weighted by Gasteiger charge is -2.13. The van der Waals surface area contributed by atoms with Gasteiger partial charge in [0.2, 0.25) is 0 Å². The van der Waals surface area contributed by atoms with Gasteiger partial charge in [-0.25, -0.2) is 0 Å². The van der Waals surface area contributed by atoms with Crippen LogP contribution in [0.5, 0.6) is 0 Å². The summed E-state index contributed by atoms with van der Waals surface area (Å²) >= 11 is 0. The molecule has 0 N–H and O–H groups in total. The Morgan fingerprint density at radius 1 is 1.00 bits per heavy atom. The van der Waals surface area contributed by atoms with Crippen LogP contribution in [-0.2, 0) is 6.42 Å². The molecule has 2 aromatic carbocycles. The van der Waals surface area contributed by atoms with Crippen LogP contribution >= 0.6 is 0 Å². The zero-order chi connectivity index (χ0) is 16.9. The standard InChI is InChI=1S/C21H23NO2/c1-3-4-5-8-16-11-13-17(14-12-16)20-15-18-9-6-7-10-19(18)21(23)22(20)24-2/h6-7,9-15H,3-5,8H2,1-2H3. The van der Waals surface area contributed by atoms with Gasteiger partial charge in [0.15, 0.2) is 0 Å². The maximum atomic E-state index is 12.6. The van der Waals surface area contributed by atoms with E-state index >= 15 is 0 Å². The normalized spacial score (nSPS) is 10.9. The Balaban J connectivity index is 2.01. The number of fused-ring (bicyclic) bond motifs is 1. The molecular weight excluding hydrogens is 298 g/mol. The maximum Gasteiger partial charge on any atom is 0.291 e. The molecule has 124 valence electrons. The Labute approximate surface area is 142 Å². The highest BCUT2D eigenvalue weighted by molar-refractivity contribution is 5.85. The molecule has 0 unspecified atom stereocenters. The highest BCUT2D eigenvalue weighted by Crippen LogP contribution is 2.22. The molecule has 1 aromatic heterocycles. The lowest BCUT2D eigenvalue weighted by molar-refractivity contribution is 0.163. The summed E-state index contributed by atoms with van der Waals surface area (Å²) in [5.41, 5.74) is 2.97. The molecule has 0 bridgehead atoms. The van der Waals surface area contributed by atoms with Crippen molar-refractivity contribution in [3.05, 3.63) is 70.5 Å². The Hall–Kier alpha value is -2.55. The summed E-state index contributed by atoms with van der Waals surface area (Å²) in [6.45, 7) is 2.22. The highest BCUT2D eigenvalue weighted by atomic mass is 16.6. The first kappa shape index (κ1) is 16.3. The third-order valence-corrected chi connectivity index (χ3v) is 4.39. The molecule has 0 amide bonds. The quantitative estimate of drug-likeness (QED) is 0.628. The lowest BCUT2D eigenvalue weighted by atomic mass is 10.0. The topological polar surface area (TPSA) is 31.2 Å². The van der Waals surface area contributed by atoms with Gasteiger partial charge < -0.3 is 4.84 Å². The van der Waals surface area contributed by atoms with Gasteiger partial charge in [0.05, 0.1) is 11.1 Å². The van der Waals surface area contributed by atoms with E-state index in [1.165, 1.54) is 36.7 Å². The minimum Gasteiger partial charge on any atom is -0.413 e. The third kappa shape index (κ3) is 3.21. The van der Waals surface area contributed by atoms with Crippen molar-refractivity contribution < 1.29 is 4.84 Å². The molecule has 3 nitrogen and oxygen atoms in total. The van der Waals surface area contributed by atoms with E-state index in [0.717, 1.165) is 23.1 Å². The van der Waals surface area contributed by atoms with Gasteiger partial charge in [-0.3, -0.25) is 4.79 Å². The van der Waals surface area contributed by atoms with E-state index in [0.29, 0.717) is 5.39 Å². The largest absolute Gasteiger partial charge is 0.413 e. The third-order valence-electron chi connectivity index (χ3n) is 4.39. The molecule has 0 spiro atoms. The second kappa shape index (κ2) is 7.35. The predicted octanol–water partition coefficient (Wildman–Crippen LogP) is 4.46. The van der Waals surface area contributed by atoms with Gasteiger partial charge in [-0.15, -0.1) is 4.73 Å². The van der Waals surface area contributed by atoms with Crippen LogP contribution in [-0.4, -0.2) is 11.8 Å². The van der Waals surface area contributed by atoms with Crippen LogP contribution in [0.4, 0.5) is 0 Å². The molecule has 0 atom stereocenters. The van der Waals surface area contributed by atoms with Gasteiger partial charge >= 0.3 is 0 Å². The second-order valence-corrected chi connectivity index (χ2v) is 6.05. The van der Waals surface area contributed by atoms with Gasteiger partial charge in [0.1, 0.15) is 7.11 Å². The number of hydrogen-bond donors (Lipinski definition) is 0. The van der Waals surface area contributed by atoms with Gasteiger partial charge in [0.25, 0.3) is 5.56 Å². The fourth-order valence-electron chi connectivity index (χ4n) is 3.05. The van der Waals surface area contributed by atoms with Gasteiger partial charge in [-0.2, -0.15) is 0 Å². The van der Waals surface area contributed by atoms with Gasteiger partial charge in [0, 0.05) is 5.56 Å². The first-order valence-corrected chi connectivity index (χ1v) is 8.53. The molecule has 1 heterocycles. The van der Waals surface area contributed by atoms with E-state index in [4.69, 9.17) is 4.84 Å². The van der Waals surface area contributed by atoms with E-state index in [-0.39, 0.29) is 5.56 Å². The number of rotatable bonds is 6. The molecule has 0 radical (unpaired) electrons. The fraction of sp³-hybridized carbons (Fsp3) is 0.286. The summed E-state index contributed by atoms with van der Waals surface area (Å²) < 4.78 is 1.37. The number of unbranched alkanes of at least 4 members (excludes halogenated alkanes) is 2. The molecule has 24 heavy (non-hydrogen) atoms. The SMILES string of the molecule is CCCCCc1ccc(-c2cc3ccccc3c(=O)n2OC)cc1. The van der Waals surface area contributed by atoms with Crippen LogP contribution in [0.15, 0.2) is 59.4 Å². The van der Waals surface area contributed by atoms with Crippen molar-refractivity contribution >= 4 is 10.8 Å². The molecule has 0 aliphatic heterocycles. The zero-order valence-electron chi connectivity index (χ0n) is 14.3. The summed E-state index contributed by atoms with van der Waals surface area (Å²) in [6, 6.07) is 18.0. The molecule has 3 rings (SSSR count). The average molecular weight is 321 g/mol. The molecule has 0 aliphatic rings. The van der Waals surface area contributed by atoms with Crippen LogP contribution in [0.1, 0.15) is 31.7 Å². The maximum absolute atomic E-state index is 12.6. The van der Waals surface area contributed by atoms with Crippen molar-refractivity contribution in [2.45, 2.75) is 32.6 Å². The van der Waals surface area contributed by atoms with E-state index in [1.807, 2.05) is 30.3 Å². The van der Waals surface area contributed by atoms with Crippen molar-refractivity contribution in [2.24, 2.45) is 0 Å². The Kier molecular flexibility index (Phi) is 4.99. The van der Waals surface area contributed by atoms with Crippen molar-refractivity contribution in [1.82, 2.24) is 4.73 Å². The smallest absolute Gasteiger partial charge is 0.291 e. The Bertz CT molecular complexity index is 878. The summed E-state index contributed by atoms with van der Waals surface area (Å²) in [5.74, 6) is 0.